The van der Waals surface area contributed by atoms with E-state index in [1.54, 1.807) is 6.20 Å². The Morgan fingerprint density at radius 2 is 1.87 bits per heavy atom. The number of aliphatic hydroxyl groups is 1. The summed E-state index contributed by atoms with van der Waals surface area (Å²) in [5.41, 5.74) is 1.09. The number of aliphatic hydroxyl groups excluding tert-OH is 1. The second-order valence-corrected chi connectivity index (χ2v) is 11.4. The van der Waals surface area contributed by atoms with E-state index in [9.17, 15) is 9.32 Å². The molecule has 0 amide bonds. The van der Waals surface area contributed by atoms with Crippen molar-refractivity contribution in [2.75, 3.05) is 35.4 Å². The van der Waals surface area contributed by atoms with E-state index in [1.165, 1.54) is 18.4 Å². The van der Waals surface area contributed by atoms with Crippen LogP contribution in [-0.2, 0) is 10.8 Å². The van der Waals surface area contributed by atoms with Crippen molar-refractivity contribution in [3.8, 4) is 0 Å². The molecular formula is C23H27ClN4O2S. The van der Waals surface area contributed by atoms with Gasteiger partial charge in [0.15, 0.2) is 5.82 Å². The number of hydrogen-bond acceptors (Lipinski definition) is 6. The summed E-state index contributed by atoms with van der Waals surface area (Å²) in [6, 6.07) is 8.36. The van der Waals surface area contributed by atoms with Crippen molar-refractivity contribution in [2.45, 2.75) is 48.5 Å². The highest BCUT2D eigenvalue weighted by molar-refractivity contribution is 7.85. The molecule has 31 heavy (non-hydrogen) atoms. The maximum Gasteiger partial charge on any atom is 0.227 e. The lowest BCUT2D eigenvalue weighted by Gasteiger charge is -2.48. The van der Waals surface area contributed by atoms with Crippen molar-refractivity contribution < 1.29 is 9.32 Å². The van der Waals surface area contributed by atoms with Crippen LogP contribution < -0.4 is 9.80 Å². The summed E-state index contributed by atoms with van der Waals surface area (Å²) >= 11 is 6.10. The zero-order valence-corrected chi connectivity index (χ0v) is 19.0. The predicted molar refractivity (Wildman–Crippen MR) is 122 cm³/mol. The summed E-state index contributed by atoms with van der Waals surface area (Å²) in [4.78, 5) is 14.7. The minimum absolute atomic E-state index is 0.0829. The number of rotatable bonds is 4. The topological polar surface area (TPSA) is 69.6 Å². The average molecular weight is 459 g/mol. The summed E-state index contributed by atoms with van der Waals surface area (Å²) in [6.07, 6.45) is 7.15. The fourth-order valence-electron chi connectivity index (χ4n) is 6.18. The summed E-state index contributed by atoms with van der Waals surface area (Å²) < 4.78 is 12.7. The standard InChI is InChI=1S/C23H27ClN4O2S/c24-18-6-4-15(5-7-18)20-16-2-3-17(20)12-27(11-16)22-25-10-19-21(26-22)28(14-31(19)30)23(13-29)8-1-9-23/h4-7,10,16-17,20,29H,1-3,8-9,11-14H2. The second-order valence-electron chi connectivity index (χ2n) is 9.58. The van der Waals surface area contributed by atoms with Crippen LogP contribution in [0.4, 0.5) is 11.8 Å². The van der Waals surface area contributed by atoms with E-state index in [1.807, 2.05) is 12.1 Å². The highest BCUT2D eigenvalue weighted by Crippen LogP contribution is 2.49. The first-order valence-corrected chi connectivity index (χ1v) is 12.9. The van der Waals surface area contributed by atoms with E-state index in [0.717, 1.165) is 49.1 Å². The number of hydrogen-bond donors (Lipinski definition) is 1. The fourth-order valence-corrected chi connectivity index (χ4v) is 7.61. The second kappa shape index (κ2) is 7.42. The van der Waals surface area contributed by atoms with Gasteiger partial charge in [0.25, 0.3) is 0 Å². The number of nitrogens with zero attached hydrogens (tertiary/aromatic N) is 4. The van der Waals surface area contributed by atoms with Crippen LogP contribution in [0.2, 0.25) is 5.02 Å². The lowest BCUT2D eigenvalue weighted by molar-refractivity contribution is 0.119. The van der Waals surface area contributed by atoms with Gasteiger partial charge in [0.1, 0.15) is 10.8 Å². The van der Waals surface area contributed by atoms with Gasteiger partial charge in [-0.25, -0.2) is 4.98 Å². The molecule has 2 bridgehead atoms. The van der Waals surface area contributed by atoms with Gasteiger partial charge < -0.3 is 14.9 Å². The monoisotopic (exact) mass is 458 g/mol. The van der Waals surface area contributed by atoms with E-state index in [2.05, 4.69) is 26.9 Å². The number of aromatic nitrogens is 2. The first kappa shape index (κ1) is 19.9. The molecule has 2 saturated carbocycles. The Morgan fingerprint density at radius 1 is 1.16 bits per heavy atom. The van der Waals surface area contributed by atoms with Gasteiger partial charge in [-0.2, -0.15) is 4.98 Å². The Hall–Kier alpha value is -1.70. The number of anilines is 2. The summed E-state index contributed by atoms with van der Waals surface area (Å²) in [7, 11) is -1.13. The largest absolute Gasteiger partial charge is 0.394 e. The van der Waals surface area contributed by atoms with Crippen molar-refractivity contribution in [1.29, 1.82) is 0 Å². The molecule has 0 radical (unpaired) electrons. The average Bonchev–Trinajstić information content (AvgIpc) is 3.21. The number of benzene rings is 1. The van der Waals surface area contributed by atoms with Gasteiger partial charge in [-0.15, -0.1) is 0 Å². The Balaban J connectivity index is 1.28. The van der Waals surface area contributed by atoms with Crippen molar-refractivity contribution >= 4 is 34.2 Å². The van der Waals surface area contributed by atoms with Crippen LogP contribution >= 0.6 is 11.6 Å². The van der Waals surface area contributed by atoms with Crippen LogP contribution in [0.5, 0.6) is 0 Å². The number of fused-ring (bicyclic) bond motifs is 3. The van der Waals surface area contributed by atoms with E-state index in [-0.39, 0.29) is 12.1 Å². The molecule has 2 aliphatic heterocycles. The van der Waals surface area contributed by atoms with E-state index in [4.69, 9.17) is 16.6 Å². The maximum absolute atomic E-state index is 12.7. The Morgan fingerprint density at radius 3 is 2.48 bits per heavy atom. The fraction of sp³-hybridized carbons (Fsp3) is 0.565. The first-order valence-electron chi connectivity index (χ1n) is 11.2. The lowest BCUT2D eigenvalue weighted by Crippen LogP contribution is -2.56. The van der Waals surface area contributed by atoms with Gasteiger partial charge in [0.05, 0.1) is 29.1 Å². The third kappa shape index (κ3) is 3.11. The summed E-state index contributed by atoms with van der Waals surface area (Å²) in [5.74, 6) is 3.65. The molecule has 1 N–H and O–H groups in total. The molecular weight excluding hydrogens is 432 g/mol. The molecule has 2 aromatic rings. The molecule has 3 heterocycles. The molecule has 0 spiro atoms. The highest BCUT2D eigenvalue weighted by atomic mass is 35.5. The third-order valence-corrected chi connectivity index (χ3v) is 9.52. The molecule has 3 fully saturated rings. The molecule has 1 saturated heterocycles. The van der Waals surface area contributed by atoms with Gasteiger partial charge >= 0.3 is 0 Å². The van der Waals surface area contributed by atoms with Gasteiger partial charge in [-0.05, 0) is 67.6 Å². The number of piperidine rings is 1. The van der Waals surface area contributed by atoms with Crippen molar-refractivity contribution in [1.82, 2.24) is 9.97 Å². The van der Waals surface area contributed by atoms with Crippen LogP contribution in [0.15, 0.2) is 35.4 Å². The van der Waals surface area contributed by atoms with Crippen molar-refractivity contribution in [3.63, 3.8) is 0 Å². The van der Waals surface area contributed by atoms with Crippen LogP contribution in [0, 0.1) is 11.8 Å². The minimum Gasteiger partial charge on any atom is -0.394 e. The summed E-state index contributed by atoms with van der Waals surface area (Å²) in [6.45, 7) is 1.97. The van der Waals surface area contributed by atoms with Crippen LogP contribution in [0.3, 0.4) is 0 Å². The molecule has 164 valence electrons. The third-order valence-electron chi connectivity index (χ3n) is 7.99. The SMILES string of the molecule is O=S1CN(C2(CO)CCC2)c2nc(N3CC4CCC(C3)C4c3ccc(Cl)cc3)ncc21. The molecule has 1 aromatic heterocycles. The molecule has 4 aliphatic rings. The quantitative estimate of drug-likeness (QED) is 0.755. The summed E-state index contributed by atoms with van der Waals surface area (Å²) in [5, 5.41) is 10.8. The molecule has 2 aliphatic carbocycles. The first-order chi connectivity index (χ1) is 15.1. The smallest absolute Gasteiger partial charge is 0.227 e. The van der Waals surface area contributed by atoms with E-state index >= 15 is 0 Å². The predicted octanol–water partition coefficient (Wildman–Crippen LogP) is 3.56. The normalized spacial score (nSPS) is 30.9. The Kier molecular flexibility index (Phi) is 4.78. The molecule has 3 unspecified atom stereocenters. The zero-order valence-electron chi connectivity index (χ0n) is 17.4. The Labute approximate surface area is 190 Å². The van der Waals surface area contributed by atoms with Gasteiger partial charge in [-0.1, -0.05) is 23.7 Å². The maximum atomic E-state index is 12.7. The van der Waals surface area contributed by atoms with Crippen molar-refractivity contribution in [3.05, 3.63) is 41.0 Å². The number of halogens is 1. The molecule has 3 atom stereocenters. The molecule has 6 nitrogen and oxygen atoms in total. The van der Waals surface area contributed by atoms with Gasteiger partial charge in [-0.3, -0.25) is 4.21 Å². The van der Waals surface area contributed by atoms with E-state index < -0.39 is 10.8 Å². The van der Waals surface area contributed by atoms with Crippen molar-refractivity contribution in [2.24, 2.45) is 11.8 Å². The minimum atomic E-state index is -1.13. The Bertz CT molecular complexity index is 1010. The molecule has 1 aromatic carbocycles. The van der Waals surface area contributed by atoms with Crippen LogP contribution in [0.25, 0.3) is 0 Å². The zero-order chi connectivity index (χ0) is 21.2. The lowest BCUT2D eigenvalue weighted by atomic mass is 9.76. The van der Waals surface area contributed by atoms with E-state index in [0.29, 0.717) is 28.5 Å². The highest BCUT2D eigenvalue weighted by Gasteiger charge is 2.48. The molecule has 6 rings (SSSR count). The van der Waals surface area contributed by atoms with Gasteiger partial charge in [0, 0.05) is 18.1 Å². The molecule has 8 heteroatoms. The van der Waals surface area contributed by atoms with Crippen LogP contribution in [0.1, 0.15) is 43.6 Å². The van der Waals surface area contributed by atoms with Gasteiger partial charge in [0.2, 0.25) is 5.95 Å². The van der Waals surface area contributed by atoms with Crippen LogP contribution in [-0.4, -0.2) is 50.4 Å².